The maximum atomic E-state index is 11.3. The molecule has 2 saturated heterocycles. The van der Waals surface area contributed by atoms with Gasteiger partial charge < -0.3 is 23.4 Å². The molecule has 2 fully saturated rings. The zero-order chi connectivity index (χ0) is 18.6. The van der Waals surface area contributed by atoms with Crippen molar-refractivity contribution in [1.82, 2.24) is 0 Å². The van der Waals surface area contributed by atoms with E-state index in [0.717, 1.165) is 10.9 Å². The van der Waals surface area contributed by atoms with Gasteiger partial charge in [-0.1, -0.05) is 60.7 Å². The van der Waals surface area contributed by atoms with E-state index >= 15 is 0 Å². The number of rotatable bonds is 4. The van der Waals surface area contributed by atoms with Crippen molar-refractivity contribution in [2.75, 3.05) is 13.2 Å². The molecular formula is C19H20B2O6. The molecule has 6 nitrogen and oxygen atoms in total. The fourth-order valence-electron chi connectivity index (χ4n) is 3.30. The molecule has 138 valence electrons. The fourth-order valence-corrected chi connectivity index (χ4v) is 3.30. The molecule has 2 aromatic rings. The Morgan fingerprint density at radius 1 is 0.963 bits per heavy atom. The molecule has 0 bridgehead atoms. The van der Waals surface area contributed by atoms with Gasteiger partial charge in [0.15, 0.2) is 0 Å². The number of carbonyl (C=O) groups is 1. The lowest BCUT2D eigenvalue weighted by Crippen LogP contribution is -2.65. The average Bonchev–Trinajstić information content (AvgIpc) is 2.72. The SMILES string of the molecule is CC(=O)OC[C@H]1OB(c2ccccc2)O[C@H]2COB(c3ccccc3)O[C@H]21. The molecule has 0 saturated carbocycles. The summed E-state index contributed by atoms with van der Waals surface area (Å²) in [5.41, 5.74) is 1.82. The minimum atomic E-state index is -0.562. The number of carbonyl (C=O) groups excluding carboxylic acids is 1. The fraction of sp³-hybridized carbons (Fsp3) is 0.316. The van der Waals surface area contributed by atoms with Crippen LogP contribution in [0.4, 0.5) is 0 Å². The van der Waals surface area contributed by atoms with Crippen molar-refractivity contribution in [3.05, 3.63) is 60.7 Å². The molecule has 2 aromatic carbocycles. The highest BCUT2D eigenvalue weighted by atomic mass is 16.7. The summed E-state index contributed by atoms with van der Waals surface area (Å²) in [4.78, 5) is 11.3. The second-order valence-electron chi connectivity index (χ2n) is 6.57. The van der Waals surface area contributed by atoms with Crippen LogP contribution in [0, 0.1) is 0 Å². The van der Waals surface area contributed by atoms with Crippen LogP contribution in [0.25, 0.3) is 0 Å². The van der Waals surface area contributed by atoms with Gasteiger partial charge >= 0.3 is 20.2 Å². The first kappa shape index (κ1) is 18.3. The quantitative estimate of drug-likeness (QED) is 0.582. The van der Waals surface area contributed by atoms with Crippen LogP contribution in [0.1, 0.15) is 6.92 Å². The smallest absolute Gasteiger partial charge is 0.463 e. The molecule has 0 radical (unpaired) electrons. The van der Waals surface area contributed by atoms with Crippen molar-refractivity contribution < 1.29 is 28.1 Å². The van der Waals surface area contributed by atoms with E-state index in [4.69, 9.17) is 23.4 Å². The maximum Gasteiger partial charge on any atom is 0.494 e. The number of ether oxygens (including phenoxy) is 1. The third kappa shape index (κ3) is 4.25. The second kappa shape index (κ2) is 8.27. The monoisotopic (exact) mass is 366 g/mol. The standard InChI is InChI=1S/C19H20B2O6/c1-14(22)23-12-17-19-18(26-21(25-17)16-10-6-3-7-11-16)13-24-20(27-19)15-8-4-2-5-9-15/h2-11,17-19H,12-13H2,1H3/t17-,18+,19+/m1/s1. The van der Waals surface area contributed by atoms with Crippen molar-refractivity contribution in [2.45, 2.75) is 25.2 Å². The summed E-state index contributed by atoms with van der Waals surface area (Å²) in [6, 6.07) is 19.4. The normalized spacial score (nSPS) is 25.0. The summed E-state index contributed by atoms with van der Waals surface area (Å²) in [7, 11) is -1.07. The van der Waals surface area contributed by atoms with E-state index in [2.05, 4.69) is 0 Å². The Labute approximate surface area is 159 Å². The van der Waals surface area contributed by atoms with Gasteiger partial charge in [0.2, 0.25) is 0 Å². The largest absolute Gasteiger partial charge is 0.494 e. The minimum absolute atomic E-state index is 0.102. The van der Waals surface area contributed by atoms with Gasteiger partial charge in [0, 0.05) is 6.92 Å². The number of fused-ring (bicyclic) bond motifs is 1. The van der Waals surface area contributed by atoms with E-state index in [-0.39, 0.29) is 18.7 Å². The van der Waals surface area contributed by atoms with Crippen LogP contribution in [-0.2, 0) is 28.1 Å². The lowest BCUT2D eigenvalue weighted by Gasteiger charge is -2.44. The van der Waals surface area contributed by atoms with Crippen molar-refractivity contribution in [3.63, 3.8) is 0 Å². The molecule has 2 aliphatic heterocycles. The van der Waals surface area contributed by atoms with Crippen molar-refractivity contribution >= 4 is 31.1 Å². The second-order valence-corrected chi connectivity index (χ2v) is 6.57. The van der Waals surface area contributed by atoms with E-state index in [0.29, 0.717) is 6.61 Å². The van der Waals surface area contributed by atoms with Gasteiger partial charge in [0.1, 0.15) is 12.7 Å². The summed E-state index contributed by atoms with van der Waals surface area (Å²) >= 11 is 0. The van der Waals surface area contributed by atoms with Crippen LogP contribution in [0.3, 0.4) is 0 Å². The van der Waals surface area contributed by atoms with Crippen LogP contribution >= 0.6 is 0 Å². The first-order chi connectivity index (χ1) is 13.2. The van der Waals surface area contributed by atoms with Gasteiger partial charge in [-0.15, -0.1) is 0 Å². The minimum Gasteiger partial charge on any atom is -0.463 e. The van der Waals surface area contributed by atoms with Gasteiger partial charge in [0.25, 0.3) is 0 Å². The van der Waals surface area contributed by atoms with Crippen molar-refractivity contribution in [2.24, 2.45) is 0 Å². The van der Waals surface area contributed by atoms with E-state index in [1.165, 1.54) is 6.92 Å². The molecule has 0 aliphatic carbocycles. The molecule has 3 atom stereocenters. The molecule has 8 heteroatoms. The van der Waals surface area contributed by atoms with E-state index in [1.54, 1.807) is 0 Å². The Hall–Kier alpha value is -2.12. The summed E-state index contributed by atoms with van der Waals surface area (Å²) in [6.07, 6.45) is -1.17. The van der Waals surface area contributed by atoms with Gasteiger partial charge in [-0.2, -0.15) is 0 Å². The third-order valence-electron chi connectivity index (χ3n) is 4.62. The van der Waals surface area contributed by atoms with Crippen molar-refractivity contribution in [3.8, 4) is 0 Å². The maximum absolute atomic E-state index is 11.3. The summed E-state index contributed by atoms with van der Waals surface area (Å²) in [5, 5.41) is 0. The third-order valence-corrected chi connectivity index (χ3v) is 4.62. The number of esters is 1. The van der Waals surface area contributed by atoms with E-state index in [1.807, 2.05) is 60.7 Å². The van der Waals surface area contributed by atoms with Crippen molar-refractivity contribution in [1.29, 1.82) is 0 Å². The Morgan fingerprint density at radius 2 is 1.59 bits per heavy atom. The lowest BCUT2D eigenvalue weighted by molar-refractivity contribution is -0.158. The Morgan fingerprint density at radius 3 is 2.22 bits per heavy atom. The highest BCUT2D eigenvalue weighted by Crippen LogP contribution is 2.25. The Bertz CT molecular complexity index is 759. The van der Waals surface area contributed by atoms with Crippen LogP contribution in [0.2, 0.25) is 0 Å². The van der Waals surface area contributed by atoms with E-state index < -0.39 is 26.4 Å². The van der Waals surface area contributed by atoms with Crippen LogP contribution in [0.5, 0.6) is 0 Å². The molecule has 27 heavy (non-hydrogen) atoms. The van der Waals surface area contributed by atoms with Gasteiger partial charge in [-0.05, 0) is 10.9 Å². The molecule has 0 unspecified atom stereocenters. The highest BCUT2D eigenvalue weighted by Gasteiger charge is 2.48. The predicted octanol–water partition coefficient (Wildman–Crippen LogP) is 0.540. The highest BCUT2D eigenvalue weighted by molar-refractivity contribution is 6.62. The molecule has 0 N–H and O–H groups in total. The molecular weight excluding hydrogens is 346 g/mol. The molecule has 0 amide bonds. The Balaban J connectivity index is 1.53. The topological polar surface area (TPSA) is 63.2 Å². The van der Waals surface area contributed by atoms with Gasteiger partial charge in [-0.3, -0.25) is 4.79 Å². The molecule has 0 aromatic heterocycles. The number of hydrogen-bond donors (Lipinski definition) is 0. The van der Waals surface area contributed by atoms with E-state index in [9.17, 15) is 4.79 Å². The first-order valence-electron chi connectivity index (χ1n) is 9.02. The molecule has 2 aliphatic rings. The lowest BCUT2D eigenvalue weighted by atomic mass is 9.74. The molecule has 4 rings (SSSR count). The van der Waals surface area contributed by atoms with Crippen LogP contribution < -0.4 is 10.9 Å². The summed E-state index contributed by atoms with van der Waals surface area (Å²) < 4.78 is 29.4. The Kier molecular flexibility index (Phi) is 5.59. The predicted molar refractivity (Wildman–Crippen MR) is 101 cm³/mol. The molecule has 0 spiro atoms. The molecule has 2 heterocycles. The summed E-state index contributed by atoms with van der Waals surface area (Å²) in [6.45, 7) is 1.85. The number of hydrogen-bond acceptors (Lipinski definition) is 6. The zero-order valence-corrected chi connectivity index (χ0v) is 15.0. The average molecular weight is 366 g/mol. The first-order valence-corrected chi connectivity index (χ1v) is 9.02. The number of benzene rings is 2. The van der Waals surface area contributed by atoms with Crippen LogP contribution in [0.15, 0.2) is 60.7 Å². The van der Waals surface area contributed by atoms with Gasteiger partial charge in [-0.25, -0.2) is 0 Å². The van der Waals surface area contributed by atoms with Gasteiger partial charge in [0.05, 0.1) is 18.8 Å². The van der Waals surface area contributed by atoms with Crippen LogP contribution in [-0.4, -0.2) is 51.7 Å². The summed E-state index contributed by atoms with van der Waals surface area (Å²) in [5.74, 6) is -0.357. The zero-order valence-electron chi connectivity index (χ0n) is 15.0.